The lowest BCUT2D eigenvalue weighted by atomic mass is 10.1. The summed E-state index contributed by atoms with van der Waals surface area (Å²) in [5.41, 5.74) is 7.55. The van der Waals surface area contributed by atoms with Gasteiger partial charge in [0.25, 0.3) is 0 Å². The molecule has 0 radical (unpaired) electrons. The van der Waals surface area contributed by atoms with E-state index in [1.54, 1.807) is 6.07 Å². The number of hydrogen-bond acceptors (Lipinski definition) is 2. The van der Waals surface area contributed by atoms with E-state index >= 15 is 0 Å². The molecule has 0 atom stereocenters. The van der Waals surface area contributed by atoms with Crippen molar-refractivity contribution < 1.29 is 4.42 Å². The molecule has 1 aliphatic rings. The summed E-state index contributed by atoms with van der Waals surface area (Å²) in [6.45, 7) is 0.396. The highest BCUT2D eigenvalue weighted by atomic mass is 35.5. The van der Waals surface area contributed by atoms with Crippen LogP contribution in [0.25, 0.3) is 11.0 Å². The van der Waals surface area contributed by atoms with Crippen molar-refractivity contribution in [2.45, 2.75) is 25.3 Å². The van der Waals surface area contributed by atoms with Gasteiger partial charge in [-0.25, -0.2) is 0 Å². The van der Waals surface area contributed by atoms with Crippen LogP contribution in [0, 0.1) is 0 Å². The number of halogens is 2. The molecule has 0 amide bonds. The minimum absolute atomic E-state index is 0.396. The number of fused-ring (bicyclic) bond motifs is 1. The Hall–Kier alpha value is -0.700. The van der Waals surface area contributed by atoms with Gasteiger partial charge >= 0.3 is 0 Å². The SMILES string of the molecule is NCc1oc2c(Cl)ccc(Cl)c2c1C1CC1. The normalized spacial score (nSPS) is 15.9. The number of rotatable bonds is 2. The molecular weight excluding hydrogens is 245 g/mol. The van der Waals surface area contributed by atoms with Gasteiger partial charge in [-0.05, 0) is 30.9 Å². The van der Waals surface area contributed by atoms with Crippen LogP contribution in [0.4, 0.5) is 0 Å². The molecular formula is C12H11Cl2NO. The molecule has 0 spiro atoms. The second-order valence-corrected chi connectivity index (χ2v) is 4.97. The molecule has 0 aliphatic heterocycles. The van der Waals surface area contributed by atoms with Gasteiger partial charge in [0.05, 0.1) is 16.6 Å². The Bertz CT molecular complexity index is 558. The van der Waals surface area contributed by atoms with E-state index in [9.17, 15) is 0 Å². The third-order valence-electron chi connectivity index (χ3n) is 3.02. The molecule has 0 unspecified atom stereocenters. The highest BCUT2D eigenvalue weighted by Crippen LogP contribution is 2.48. The Morgan fingerprint density at radius 1 is 1.25 bits per heavy atom. The van der Waals surface area contributed by atoms with Crippen LogP contribution in [-0.2, 0) is 6.54 Å². The number of benzene rings is 1. The van der Waals surface area contributed by atoms with Crippen molar-refractivity contribution in [3.05, 3.63) is 33.5 Å². The highest BCUT2D eigenvalue weighted by molar-refractivity contribution is 6.40. The van der Waals surface area contributed by atoms with Crippen LogP contribution in [0.5, 0.6) is 0 Å². The van der Waals surface area contributed by atoms with E-state index in [1.165, 1.54) is 18.4 Å². The van der Waals surface area contributed by atoms with Crippen LogP contribution in [0.3, 0.4) is 0 Å². The summed E-state index contributed by atoms with van der Waals surface area (Å²) in [6.07, 6.45) is 2.37. The molecule has 3 rings (SSSR count). The monoisotopic (exact) mass is 255 g/mol. The van der Waals surface area contributed by atoms with Gasteiger partial charge in [0.1, 0.15) is 5.76 Å². The van der Waals surface area contributed by atoms with E-state index in [0.29, 0.717) is 28.1 Å². The summed E-state index contributed by atoms with van der Waals surface area (Å²) in [5, 5.41) is 2.25. The Balaban J connectivity index is 2.39. The lowest BCUT2D eigenvalue weighted by molar-refractivity contribution is 0.546. The molecule has 1 fully saturated rings. The van der Waals surface area contributed by atoms with Crippen LogP contribution in [0.15, 0.2) is 16.5 Å². The molecule has 0 bridgehead atoms. The van der Waals surface area contributed by atoms with Crippen molar-refractivity contribution in [2.75, 3.05) is 0 Å². The fourth-order valence-electron chi connectivity index (χ4n) is 2.16. The molecule has 84 valence electrons. The van der Waals surface area contributed by atoms with E-state index in [2.05, 4.69) is 0 Å². The van der Waals surface area contributed by atoms with Crippen molar-refractivity contribution in [2.24, 2.45) is 5.73 Å². The average molecular weight is 256 g/mol. The first kappa shape index (κ1) is 10.5. The Morgan fingerprint density at radius 2 is 1.94 bits per heavy atom. The van der Waals surface area contributed by atoms with Gasteiger partial charge in [0.2, 0.25) is 0 Å². The summed E-state index contributed by atoms with van der Waals surface area (Å²) in [6, 6.07) is 3.57. The quantitative estimate of drug-likeness (QED) is 0.879. The fourth-order valence-corrected chi connectivity index (χ4v) is 2.60. The largest absolute Gasteiger partial charge is 0.458 e. The second-order valence-electron chi connectivity index (χ2n) is 4.15. The van der Waals surface area contributed by atoms with Crippen LogP contribution in [0.1, 0.15) is 30.1 Å². The maximum Gasteiger partial charge on any atom is 0.154 e. The summed E-state index contributed by atoms with van der Waals surface area (Å²) >= 11 is 12.3. The van der Waals surface area contributed by atoms with Crippen LogP contribution in [0.2, 0.25) is 10.0 Å². The molecule has 2 nitrogen and oxygen atoms in total. The lowest BCUT2D eigenvalue weighted by Gasteiger charge is -1.99. The minimum Gasteiger partial charge on any atom is -0.458 e. The predicted molar refractivity (Wildman–Crippen MR) is 66.1 cm³/mol. The molecule has 2 aromatic rings. The molecule has 1 aliphatic carbocycles. The van der Waals surface area contributed by atoms with Crippen molar-refractivity contribution in [1.29, 1.82) is 0 Å². The van der Waals surface area contributed by atoms with E-state index in [1.807, 2.05) is 6.07 Å². The first-order valence-corrected chi connectivity index (χ1v) is 6.07. The number of hydrogen-bond donors (Lipinski definition) is 1. The van der Waals surface area contributed by atoms with Gasteiger partial charge in [0, 0.05) is 10.9 Å². The van der Waals surface area contributed by atoms with Crippen LogP contribution < -0.4 is 5.73 Å². The van der Waals surface area contributed by atoms with Gasteiger partial charge < -0.3 is 10.2 Å². The van der Waals surface area contributed by atoms with Gasteiger partial charge in [-0.15, -0.1) is 0 Å². The molecule has 1 aromatic carbocycles. The van der Waals surface area contributed by atoms with Crippen molar-refractivity contribution in [1.82, 2.24) is 0 Å². The zero-order chi connectivity index (χ0) is 11.3. The molecule has 16 heavy (non-hydrogen) atoms. The van der Waals surface area contributed by atoms with Crippen molar-refractivity contribution in [3.8, 4) is 0 Å². The maximum atomic E-state index is 6.22. The molecule has 4 heteroatoms. The summed E-state index contributed by atoms with van der Waals surface area (Å²) < 4.78 is 5.72. The highest BCUT2D eigenvalue weighted by Gasteiger charge is 2.31. The standard InChI is InChI=1S/C12H11Cl2NO/c13-7-3-4-8(14)12-11(7)10(6-1-2-6)9(5-15)16-12/h3-4,6H,1-2,5,15H2. The average Bonchev–Trinajstić information content (AvgIpc) is 3.03. The van der Waals surface area contributed by atoms with Crippen molar-refractivity contribution >= 4 is 34.2 Å². The Labute approximate surface area is 103 Å². The minimum atomic E-state index is 0.396. The van der Waals surface area contributed by atoms with Gasteiger partial charge in [0.15, 0.2) is 5.58 Å². The number of furan rings is 1. The maximum absolute atomic E-state index is 6.22. The summed E-state index contributed by atoms with van der Waals surface area (Å²) in [7, 11) is 0. The van der Waals surface area contributed by atoms with E-state index in [0.717, 1.165) is 11.1 Å². The topological polar surface area (TPSA) is 39.2 Å². The van der Waals surface area contributed by atoms with Crippen molar-refractivity contribution in [3.63, 3.8) is 0 Å². The molecule has 1 aromatic heterocycles. The number of nitrogens with two attached hydrogens (primary N) is 1. The van der Waals surface area contributed by atoms with Gasteiger partial charge in [-0.3, -0.25) is 0 Å². The molecule has 0 saturated heterocycles. The molecule has 1 saturated carbocycles. The predicted octanol–water partition coefficient (Wildman–Crippen LogP) is 4.08. The van der Waals surface area contributed by atoms with Gasteiger partial charge in [-0.1, -0.05) is 23.2 Å². The van der Waals surface area contributed by atoms with E-state index in [-0.39, 0.29) is 0 Å². The van der Waals surface area contributed by atoms with E-state index < -0.39 is 0 Å². The Kier molecular flexibility index (Phi) is 2.39. The summed E-state index contributed by atoms with van der Waals surface area (Å²) in [4.78, 5) is 0. The molecule has 1 heterocycles. The summed E-state index contributed by atoms with van der Waals surface area (Å²) in [5.74, 6) is 1.38. The fraction of sp³-hybridized carbons (Fsp3) is 0.333. The van der Waals surface area contributed by atoms with Crippen LogP contribution in [-0.4, -0.2) is 0 Å². The van der Waals surface area contributed by atoms with Crippen LogP contribution >= 0.6 is 23.2 Å². The van der Waals surface area contributed by atoms with E-state index in [4.69, 9.17) is 33.4 Å². The van der Waals surface area contributed by atoms with Gasteiger partial charge in [-0.2, -0.15) is 0 Å². The Morgan fingerprint density at radius 3 is 2.56 bits per heavy atom. The molecule has 2 N–H and O–H groups in total. The third-order valence-corrected chi connectivity index (χ3v) is 3.64. The zero-order valence-electron chi connectivity index (χ0n) is 8.59. The lowest BCUT2D eigenvalue weighted by Crippen LogP contribution is -1.97. The second kappa shape index (κ2) is 3.66. The zero-order valence-corrected chi connectivity index (χ0v) is 10.1. The third kappa shape index (κ3) is 1.45. The first-order chi connectivity index (χ1) is 7.72. The first-order valence-electron chi connectivity index (χ1n) is 5.31. The smallest absolute Gasteiger partial charge is 0.154 e.